The van der Waals surface area contributed by atoms with Crippen molar-refractivity contribution in [3.8, 4) is 0 Å². The number of hydrogen-bond acceptors (Lipinski definition) is 3. The number of rotatable bonds is 3. The molecule has 1 rings (SSSR count). The Balaban J connectivity index is 2.64. The molecule has 0 amide bonds. The fourth-order valence-corrected chi connectivity index (χ4v) is 0.987. The summed E-state index contributed by atoms with van der Waals surface area (Å²) in [4.78, 5) is 6.92. The number of aromatic amines is 1. The van der Waals surface area contributed by atoms with Crippen molar-refractivity contribution in [1.82, 2.24) is 9.97 Å². The normalized spacial score (nSPS) is 12.8. The van der Waals surface area contributed by atoms with Crippen LogP contribution in [0.25, 0.3) is 0 Å². The second-order valence-electron chi connectivity index (χ2n) is 2.62. The average molecular weight is 185 g/mol. The number of aliphatic hydroxyl groups is 1. The summed E-state index contributed by atoms with van der Waals surface area (Å²) in [7, 11) is 0. The molecule has 1 aromatic heterocycles. The van der Waals surface area contributed by atoms with E-state index in [1.54, 1.807) is 6.33 Å². The molecule has 12 heavy (non-hydrogen) atoms. The molecule has 0 bridgehead atoms. The van der Waals surface area contributed by atoms with Gasteiger partial charge in [-0.3, -0.25) is 0 Å². The van der Waals surface area contributed by atoms with Crippen molar-refractivity contribution in [3.05, 3.63) is 17.7 Å². The fraction of sp³-hybridized carbons (Fsp3) is 0.429. The van der Waals surface area contributed by atoms with Crippen LogP contribution in [-0.4, -0.2) is 26.2 Å². The van der Waals surface area contributed by atoms with Gasteiger partial charge in [0.25, 0.3) is 0 Å². The molecule has 4 nitrogen and oxygen atoms in total. The molecule has 0 fully saturated rings. The summed E-state index contributed by atoms with van der Waals surface area (Å²) in [6.07, 6.45) is 2.10. The number of nitrogens with zero attached hydrogens (tertiary/aromatic N) is 1. The molecule has 0 unspecified atom stereocenters. The van der Waals surface area contributed by atoms with E-state index in [1.807, 2.05) is 6.92 Å². The van der Waals surface area contributed by atoms with Crippen molar-refractivity contribution in [1.29, 1.82) is 0 Å². The van der Waals surface area contributed by atoms with E-state index in [-0.39, 0.29) is 5.05 Å². The Bertz CT molecular complexity index is 284. The van der Waals surface area contributed by atoms with Gasteiger partial charge in [-0.25, -0.2) is 4.98 Å². The Labute approximate surface area is 75.8 Å². The van der Waals surface area contributed by atoms with E-state index in [0.717, 1.165) is 11.4 Å². The maximum absolute atomic E-state index is 8.88. The number of nitrogens with two attached hydrogens (primary N) is 1. The summed E-state index contributed by atoms with van der Waals surface area (Å²) < 4.78 is 0. The van der Waals surface area contributed by atoms with Crippen molar-refractivity contribution in [2.75, 3.05) is 0 Å². The Hall–Kier alpha value is -0.940. The zero-order valence-corrected chi connectivity index (χ0v) is 7.56. The van der Waals surface area contributed by atoms with Crippen molar-refractivity contribution >= 4 is 17.3 Å². The molecule has 0 spiro atoms. The van der Waals surface area contributed by atoms with Gasteiger partial charge in [-0.05, 0) is 19.1 Å². The second-order valence-corrected chi connectivity index (χ2v) is 3.03. The highest BCUT2D eigenvalue weighted by molar-refractivity contribution is 7.80. The highest BCUT2D eigenvalue weighted by atomic mass is 32.1. The highest BCUT2D eigenvalue weighted by Gasteiger charge is 2.10. The lowest BCUT2D eigenvalue weighted by molar-refractivity contribution is 0.528. The number of nitrogens with one attached hydrogen (secondary N) is 1. The first-order valence-corrected chi connectivity index (χ1v) is 3.99. The standard InChI is InChI=1S/C7H11N3OS/c1-4-6(10-3-9-4)2-5(8)7(11)12/h3,5H,2,8H2,1H3,(H,9,10)(H,11,12)/t5-/m0/s1. The first kappa shape index (κ1) is 9.15. The maximum Gasteiger partial charge on any atom is 0.174 e. The van der Waals surface area contributed by atoms with Gasteiger partial charge in [0.1, 0.15) is 0 Å². The Morgan fingerprint density at radius 1 is 1.92 bits per heavy atom. The Morgan fingerprint density at radius 3 is 3.00 bits per heavy atom. The third-order valence-corrected chi connectivity index (χ3v) is 1.98. The van der Waals surface area contributed by atoms with E-state index in [4.69, 9.17) is 10.8 Å². The Kier molecular flexibility index (Phi) is 2.78. The lowest BCUT2D eigenvalue weighted by Gasteiger charge is -2.06. The predicted molar refractivity (Wildman–Crippen MR) is 50.2 cm³/mol. The van der Waals surface area contributed by atoms with Crippen LogP contribution >= 0.6 is 12.2 Å². The molecule has 0 saturated heterocycles. The van der Waals surface area contributed by atoms with Gasteiger partial charge in [0.2, 0.25) is 0 Å². The summed E-state index contributed by atoms with van der Waals surface area (Å²) in [6.45, 7) is 1.87. The minimum atomic E-state index is -0.487. The number of aromatic nitrogens is 2. The molecule has 1 heterocycles. The molecule has 0 radical (unpaired) electrons. The minimum absolute atomic E-state index is 0.163. The highest BCUT2D eigenvalue weighted by Crippen LogP contribution is 2.03. The van der Waals surface area contributed by atoms with Crippen molar-refractivity contribution < 1.29 is 5.11 Å². The summed E-state index contributed by atoms with van der Waals surface area (Å²) in [6, 6.07) is -0.487. The van der Waals surface area contributed by atoms with Crippen LogP contribution in [0.2, 0.25) is 0 Å². The second kappa shape index (κ2) is 3.64. The summed E-state index contributed by atoms with van der Waals surface area (Å²) in [5.41, 5.74) is 7.34. The van der Waals surface area contributed by atoms with E-state index >= 15 is 0 Å². The van der Waals surface area contributed by atoms with Gasteiger partial charge in [-0.1, -0.05) is 0 Å². The summed E-state index contributed by atoms with van der Waals surface area (Å²) in [5.74, 6) is 0. The largest absolute Gasteiger partial charge is 0.501 e. The fourth-order valence-electron chi connectivity index (χ4n) is 0.903. The van der Waals surface area contributed by atoms with Gasteiger partial charge in [0.05, 0.1) is 18.1 Å². The number of H-pyrrole nitrogens is 1. The number of thiocarbonyl (C=S) groups is 1. The molecule has 66 valence electrons. The molecular formula is C7H11N3OS. The zero-order chi connectivity index (χ0) is 9.14. The molecule has 0 aromatic carbocycles. The van der Waals surface area contributed by atoms with Crippen LogP contribution in [0.3, 0.4) is 0 Å². The number of imidazole rings is 1. The quantitative estimate of drug-likeness (QED) is 0.598. The summed E-state index contributed by atoms with van der Waals surface area (Å²) in [5, 5.41) is 8.72. The molecule has 4 N–H and O–H groups in total. The topological polar surface area (TPSA) is 74.9 Å². The summed E-state index contributed by atoms with van der Waals surface area (Å²) >= 11 is 4.53. The molecule has 0 aliphatic heterocycles. The van der Waals surface area contributed by atoms with Gasteiger partial charge in [0.15, 0.2) is 5.05 Å². The van der Waals surface area contributed by atoms with Crippen LogP contribution in [0.4, 0.5) is 0 Å². The third-order valence-electron chi connectivity index (χ3n) is 1.67. The minimum Gasteiger partial charge on any atom is -0.501 e. The van der Waals surface area contributed by atoms with Gasteiger partial charge < -0.3 is 15.8 Å². The SMILES string of the molecule is Cc1nc[nH]c1C[C@H](N)C(O)=S. The predicted octanol–water partition coefficient (Wildman–Crippen LogP) is 0.473. The lowest BCUT2D eigenvalue weighted by Crippen LogP contribution is -2.31. The van der Waals surface area contributed by atoms with Gasteiger partial charge >= 0.3 is 0 Å². The number of aliphatic hydroxyl groups excluding tert-OH is 1. The molecule has 1 aromatic rings. The van der Waals surface area contributed by atoms with Gasteiger partial charge in [-0.2, -0.15) is 0 Å². The van der Waals surface area contributed by atoms with E-state index in [0.29, 0.717) is 6.42 Å². The van der Waals surface area contributed by atoms with Crippen molar-refractivity contribution in [2.45, 2.75) is 19.4 Å². The van der Waals surface area contributed by atoms with Crippen LogP contribution in [-0.2, 0) is 6.42 Å². The zero-order valence-electron chi connectivity index (χ0n) is 6.74. The van der Waals surface area contributed by atoms with E-state index < -0.39 is 6.04 Å². The molecule has 0 saturated carbocycles. The lowest BCUT2D eigenvalue weighted by atomic mass is 10.1. The average Bonchev–Trinajstić information content (AvgIpc) is 2.36. The third kappa shape index (κ3) is 2.02. The number of aryl methyl sites for hydroxylation is 1. The van der Waals surface area contributed by atoms with E-state index in [1.165, 1.54) is 0 Å². The van der Waals surface area contributed by atoms with Gasteiger partial charge in [0, 0.05) is 12.1 Å². The van der Waals surface area contributed by atoms with Crippen molar-refractivity contribution in [2.24, 2.45) is 5.73 Å². The molecule has 5 heteroatoms. The molecule has 0 aliphatic rings. The first-order chi connectivity index (χ1) is 5.61. The first-order valence-electron chi connectivity index (χ1n) is 3.58. The number of hydrogen-bond donors (Lipinski definition) is 3. The van der Waals surface area contributed by atoms with Crippen LogP contribution in [0.1, 0.15) is 11.4 Å². The van der Waals surface area contributed by atoms with Crippen LogP contribution in [0, 0.1) is 6.92 Å². The smallest absolute Gasteiger partial charge is 0.174 e. The Morgan fingerprint density at radius 2 is 2.58 bits per heavy atom. The van der Waals surface area contributed by atoms with Crippen LogP contribution in [0.15, 0.2) is 6.33 Å². The van der Waals surface area contributed by atoms with Crippen LogP contribution in [0.5, 0.6) is 0 Å². The van der Waals surface area contributed by atoms with Gasteiger partial charge in [-0.15, -0.1) is 0 Å². The van der Waals surface area contributed by atoms with Crippen LogP contribution < -0.4 is 5.73 Å². The molecule has 1 atom stereocenters. The maximum atomic E-state index is 8.88. The van der Waals surface area contributed by atoms with E-state index in [9.17, 15) is 0 Å². The molecule has 0 aliphatic carbocycles. The van der Waals surface area contributed by atoms with E-state index in [2.05, 4.69) is 22.2 Å². The monoisotopic (exact) mass is 185 g/mol. The van der Waals surface area contributed by atoms with Crippen molar-refractivity contribution in [3.63, 3.8) is 0 Å². The molecular weight excluding hydrogens is 174 g/mol.